The van der Waals surface area contributed by atoms with Crippen LogP contribution >= 0.6 is 0 Å². The Balaban J connectivity index is 3.49. The van der Waals surface area contributed by atoms with Gasteiger partial charge in [-0.15, -0.1) is 0 Å². The normalized spacial score (nSPS) is 13.9. The number of methoxy groups -OCH3 is 1. The largest absolute Gasteiger partial charge is 0.508 e. The average molecular weight is 292 g/mol. The summed E-state index contributed by atoms with van der Waals surface area (Å²) in [5, 5.41) is 10.4. The zero-order valence-corrected chi connectivity index (χ0v) is 14.5. The zero-order chi connectivity index (χ0) is 16.6. The summed E-state index contributed by atoms with van der Waals surface area (Å²) >= 11 is 0. The van der Waals surface area contributed by atoms with E-state index in [9.17, 15) is 9.90 Å². The van der Waals surface area contributed by atoms with Crippen molar-refractivity contribution in [3.63, 3.8) is 0 Å². The molecule has 118 valence electrons. The van der Waals surface area contributed by atoms with Crippen LogP contribution in [0.15, 0.2) is 12.1 Å². The Morgan fingerprint density at radius 3 is 2.05 bits per heavy atom. The van der Waals surface area contributed by atoms with Gasteiger partial charge in [-0.3, -0.25) is 4.79 Å². The molecule has 0 saturated heterocycles. The van der Waals surface area contributed by atoms with E-state index in [0.29, 0.717) is 0 Å². The molecule has 0 fully saturated rings. The van der Waals surface area contributed by atoms with Gasteiger partial charge < -0.3 is 9.84 Å². The predicted molar refractivity (Wildman–Crippen MR) is 85.8 cm³/mol. The number of carbonyl (C=O) groups excluding carboxylic acids is 1. The molecular weight excluding hydrogens is 264 g/mol. The van der Waals surface area contributed by atoms with E-state index in [4.69, 9.17) is 4.74 Å². The first-order valence-corrected chi connectivity index (χ1v) is 7.31. The van der Waals surface area contributed by atoms with Gasteiger partial charge in [0, 0.05) is 0 Å². The van der Waals surface area contributed by atoms with Crippen molar-refractivity contribution < 1.29 is 14.6 Å². The SMILES string of the molecule is COC(=O)C(c1cc(O)c(C(C)(C)C)cc1C)C(C)(C)C. The van der Waals surface area contributed by atoms with E-state index < -0.39 is 5.92 Å². The van der Waals surface area contributed by atoms with Gasteiger partial charge in [0.05, 0.1) is 13.0 Å². The highest BCUT2D eigenvalue weighted by atomic mass is 16.5. The van der Waals surface area contributed by atoms with E-state index in [1.807, 2.05) is 33.8 Å². The highest BCUT2D eigenvalue weighted by Crippen LogP contribution is 2.41. The van der Waals surface area contributed by atoms with Crippen LogP contribution in [-0.4, -0.2) is 18.2 Å². The van der Waals surface area contributed by atoms with Crippen LogP contribution in [0.1, 0.15) is 64.2 Å². The third-order valence-corrected chi connectivity index (χ3v) is 3.81. The second-order valence-corrected chi connectivity index (χ2v) is 7.80. The molecule has 0 heterocycles. The lowest BCUT2D eigenvalue weighted by molar-refractivity contribution is -0.145. The van der Waals surface area contributed by atoms with E-state index in [1.165, 1.54) is 7.11 Å². The Morgan fingerprint density at radius 2 is 1.67 bits per heavy atom. The summed E-state index contributed by atoms with van der Waals surface area (Å²) in [5.41, 5.74) is 2.30. The lowest BCUT2D eigenvalue weighted by Crippen LogP contribution is -2.28. The third kappa shape index (κ3) is 3.78. The van der Waals surface area contributed by atoms with Crippen molar-refractivity contribution in [3.8, 4) is 5.75 Å². The molecule has 1 rings (SSSR count). The number of hydrogen-bond acceptors (Lipinski definition) is 3. The Hall–Kier alpha value is -1.51. The van der Waals surface area contributed by atoms with Crippen molar-refractivity contribution >= 4 is 5.97 Å². The summed E-state index contributed by atoms with van der Waals surface area (Å²) in [7, 11) is 1.40. The van der Waals surface area contributed by atoms with Gasteiger partial charge in [-0.05, 0) is 40.5 Å². The van der Waals surface area contributed by atoms with Gasteiger partial charge in [-0.25, -0.2) is 0 Å². The van der Waals surface area contributed by atoms with Gasteiger partial charge in [0.1, 0.15) is 5.75 Å². The molecule has 3 nitrogen and oxygen atoms in total. The molecule has 1 unspecified atom stereocenters. The highest BCUT2D eigenvalue weighted by Gasteiger charge is 2.35. The molecule has 0 saturated carbocycles. The van der Waals surface area contributed by atoms with Crippen molar-refractivity contribution in [1.82, 2.24) is 0 Å². The molecule has 0 amide bonds. The number of carbonyl (C=O) groups is 1. The monoisotopic (exact) mass is 292 g/mol. The van der Waals surface area contributed by atoms with Crippen molar-refractivity contribution in [2.45, 2.75) is 59.8 Å². The molecule has 0 aliphatic heterocycles. The molecule has 21 heavy (non-hydrogen) atoms. The fourth-order valence-electron chi connectivity index (χ4n) is 2.69. The first-order valence-electron chi connectivity index (χ1n) is 7.31. The van der Waals surface area contributed by atoms with E-state index >= 15 is 0 Å². The van der Waals surface area contributed by atoms with E-state index in [1.54, 1.807) is 6.07 Å². The summed E-state index contributed by atoms with van der Waals surface area (Å²) in [6.07, 6.45) is 0. The van der Waals surface area contributed by atoms with Crippen molar-refractivity contribution in [2.75, 3.05) is 7.11 Å². The van der Waals surface area contributed by atoms with Crippen LogP contribution in [0, 0.1) is 12.3 Å². The number of esters is 1. The Kier molecular flexibility index (Phi) is 4.76. The maximum absolute atomic E-state index is 12.2. The summed E-state index contributed by atoms with van der Waals surface area (Å²) in [6.45, 7) is 14.2. The van der Waals surface area contributed by atoms with Crippen molar-refractivity contribution in [2.24, 2.45) is 5.41 Å². The lowest BCUT2D eigenvalue weighted by Gasteiger charge is -2.31. The van der Waals surface area contributed by atoms with Crippen molar-refractivity contribution in [3.05, 3.63) is 28.8 Å². The zero-order valence-electron chi connectivity index (χ0n) is 14.5. The predicted octanol–water partition coefficient (Wildman–Crippen LogP) is 4.30. The second kappa shape index (κ2) is 5.70. The molecule has 1 aromatic rings. The number of aryl methyl sites for hydroxylation is 1. The van der Waals surface area contributed by atoms with Crippen LogP contribution < -0.4 is 0 Å². The molecule has 1 aromatic carbocycles. The maximum Gasteiger partial charge on any atom is 0.313 e. The summed E-state index contributed by atoms with van der Waals surface area (Å²) < 4.78 is 4.97. The van der Waals surface area contributed by atoms with E-state index in [-0.39, 0.29) is 22.5 Å². The number of aromatic hydroxyl groups is 1. The maximum atomic E-state index is 12.2. The van der Waals surface area contributed by atoms with Gasteiger partial charge in [0.2, 0.25) is 0 Å². The fourth-order valence-corrected chi connectivity index (χ4v) is 2.69. The van der Waals surface area contributed by atoms with Crippen LogP contribution in [0.3, 0.4) is 0 Å². The van der Waals surface area contributed by atoms with Gasteiger partial charge in [0.15, 0.2) is 0 Å². The Morgan fingerprint density at radius 1 is 1.14 bits per heavy atom. The first-order chi connectivity index (χ1) is 9.39. The van der Waals surface area contributed by atoms with Gasteiger partial charge in [-0.1, -0.05) is 47.6 Å². The average Bonchev–Trinajstić information content (AvgIpc) is 2.29. The van der Waals surface area contributed by atoms with Crippen LogP contribution in [0.25, 0.3) is 0 Å². The number of benzene rings is 1. The molecule has 1 N–H and O–H groups in total. The molecule has 0 aliphatic rings. The van der Waals surface area contributed by atoms with E-state index in [2.05, 4.69) is 20.8 Å². The van der Waals surface area contributed by atoms with Crippen LogP contribution in [0.4, 0.5) is 0 Å². The Bertz CT molecular complexity index is 531. The summed E-state index contributed by atoms with van der Waals surface area (Å²) in [4.78, 5) is 12.2. The topological polar surface area (TPSA) is 46.5 Å². The van der Waals surface area contributed by atoms with Gasteiger partial charge in [0.25, 0.3) is 0 Å². The smallest absolute Gasteiger partial charge is 0.313 e. The number of ether oxygens (including phenoxy) is 1. The minimum absolute atomic E-state index is 0.143. The van der Waals surface area contributed by atoms with Crippen LogP contribution in [-0.2, 0) is 14.9 Å². The minimum atomic E-state index is -0.401. The quantitative estimate of drug-likeness (QED) is 0.827. The molecule has 1 atom stereocenters. The number of phenolic OH excluding ortho intramolecular Hbond substituents is 1. The molecule has 0 bridgehead atoms. The molecule has 0 radical (unpaired) electrons. The molecular formula is C18H28O3. The number of hydrogen-bond donors (Lipinski definition) is 1. The van der Waals surface area contributed by atoms with Gasteiger partial charge >= 0.3 is 5.97 Å². The second-order valence-electron chi connectivity index (χ2n) is 7.80. The van der Waals surface area contributed by atoms with Gasteiger partial charge in [-0.2, -0.15) is 0 Å². The summed E-state index contributed by atoms with van der Waals surface area (Å²) in [5.74, 6) is -0.433. The number of phenols is 1. The first kappa shape index (κ1) is 17.5. The standard InChI is InChI=1S/C18H28O3/c1-11-9-13(17(2,3)4)14(19)10-12(11)15(16(20)21-8)18(5,6)7/h9-10,15,19H,1-8H3. The molecule has 0 aliphatic carbocycles. The Labute approximate surface area is 128 Å². The van der Waals surface area contributed by atoms with Crippen LogP contribution in [0.5, 0.6) is 5.75 Å². The lowest BCUT2D eigenvalue weighted by atomic mass is 9.74. The fraction of sp³-hybridized carbons (Fsp3) is 0.611. The highest BCUT2D eigenvalue weighted by molar-refractivity contribution is 5.80. The molecule has 0 aromatic heterocycles. The molecule has 0 spiro atoms. The minimum Gasteiger partial charge on any atom is -0.508 e. The summed E-state index contributed by atoms with van der Waals surface area (Å²) in [6, 6.07) is 3.70. The number of rotatable bonds is 2. The third-order valence-electron chi connectivity index (χ3n) is 3.81. The van der Waals surface area contributed by atoms with Crippen LogP contribution in [0.2, 0.25) is 0 Å². The molecule has 3 heteroatoms. The van der Waals surface area contributed by atoms with E-state index in [0.717, 1.165) is 16.7 Å². The van der Waals surface area contributed by atoms with Crippen molar-refractivity contribution in [1.29, 1.82) is 0 Å².